The second-order valence-corrected chi connectivity index (χ2v) is 6.95. The van der Waals surface area contributed by atoms with Crippen LogP contribution in [0.4, 0.5) is 20.6 Å². The van der Waals surface area contributed by atoms with Gasteiger partial charge in [-0.2, -0.15) is 5.10 Å². The van der Waals surface area contributed by atoms with Crippen LogP contribution in [-0.2, 0) is 9.53 Å². The average Bonchev–Trinajstić information content (AvgIpc) is 3.40. The lowest BCUT2D eigenvalue weighted by Crippen LogP contribution is -2.33. The summed E-state index contributed by atoms with van der Waals surface area (Å²) in [4.78, 5) is 30.4. The summed E-state index contributed by atoms with van der Waals surface area (Å²) in [6.45, 7) is 3.25. The zero-order valence-electron chi connectivity index (χ0n) is 15.4. The molecule has 148 valence electrons. The Morgan fingerprint density at radius 1 is 1.39 bits per heavy atom. The normalized spacial score (nSPS) is 21.9. The molecule has 2 aliphatic rings. The largest absolute Gasteiger partial charge is 0.442 e. The number of cyclic esters (lactones) is 1. The quantitative estimate of drug-likeness (QED) is 0.831. The number of benzene rings is 1. The van der Waals surface area contributed by atoms with E-state index >= 15 is 0 Å². The molecule has 0 bridgehead atoms. The fourth-order valence-corrected chi connectivity index (χ4v) is 3.60. The van der Waals surface area contributed by atoms with Gasteiger partial charge in [0.25, 0.3) is 0 Å². The van der Waals surface area contributed by atoms with E-state index in [0.29, 0.717) is 24.5 Å². The Hall–Kier alpha value is -3.17. The van der Waals surface area contributed by atoms with Gasteiger partial charge >= 0.3 is 6.09 Å². The molecule has 0 radical (unpaired) electrons. The Kier molecular flexibility index (Phi) is 4.84. The molecule has 2 saturated heterocycles. The van der Waals surface area contributed by atoms with Gasteiger partial charge in [-0.05, 0) is 24.6 Å². The lowest BCUT2D eigenvalue weighted by atomic mass is 10.2. The Labute approximate surface area is 161 Å². The molecule has 2 amide bonds. The third-order valence-electron chi connectivity index (χ3n) is 5.01. The molecule has 9 nitrogen and oxygen atoms in total. The molecule has 1 N–H and O–H groups in total. The van der Waals surface area contributed by atoms with Gasteiger partial charge in [-0.3, -0.25) is 9.69 Å². The topological polar surface area (TPSA) is 92.6 Å². The summed E-state index contributed by atoms with van der Waals surface area (Å²) >= 11 is 0. The van der Waals surface area contributed by atoms with E-state index < -0.39 is 18.0 Å². The van der Waals surface area contributed by atoms with Crippen molar-refractivity contribution in [1.82, 2.24) is 20.1 Å². The Morgan fingerprint density at radius 3 is 2.96 bits per heavy atom. The third kappa shape index (κ3) is 3.62. The molecule has 0 saturated carbocycles. The number of rotatable bonds is 5. The molecule has 2 fully saturated rings. The van der Waals surface area contributed by atoms with Crippen LogP contribution >= 0.6 is 0 Å². The molecule has 0 spiro atoms. The summed E-state index contributed by atoms with van der Waals surface area (Å²) in [7, 11) is 0. The minimum atomic E-state index is -0.546. The maximum atomic E-state index is 14.8. The predicted molar refractivity (Wildman–Crippen MR) is 98.6 cm³/mol. The van der Waals surface area contributed by atoms with Crippen molar-refractivity contribution in [2.75, 3.05) is 36.0 Å². The first-order chi connectivity index (χ1) is 13.5. The zero-order valence-corrected chi connectivity index (χ0v) is 15.4. The Bertz CT molecular complexity index is 874. The van der Waals surface area contributed by atoms with Crippen LogP contribution in [0.5, 0.6) is 0 Å². The molecule has 0 unspecified atom stereocenters. The number of carbonyl (C=O) groups excluding carboxylic acids is 2. The van der Waals surface area contributed by atoms with Crippen molar-refractivity contribution in [3.8, 4) is 0 Å². The van der Waals surface area contributed by atoms with Gasteiger partial charge in [0.2, 0.25) is 5.91 Å². The van der Waals surface area contributed by atoms with E-state index in [1.807, 2.05) is 4.90 Å². The highest BCUT2D eigenvalue weighted by atomic mass is 19.1. The number of anilines is 2. The summed E-state index contributed by atoms with van der Waals surface area (Å²) in [5, 5.41) is 6.78. The number of hydrogen-bond acceptors (Lipinski definition) is 6. The van der Waals surface area contributed by atoms with Crippen molar-refractivity contribution in [2.24, 2.45) is 0 Å². The lowest BCUT2D eigenvalue weighted by Gasteiger charge is -2.21. The third-order valence-corrected chi connectivity index (χ3v) is 5.01. The first-order valence-electron chi connectivity index (χ1n) is 9.12. The first-order valence-corrected chi connectivity index (χ1v) is 9.12. The smallest absolute Gasteiger partial charge is 0.414 e. The van der Waals surface area contributed by atoms with Gasteiger partial charge in [-0.15, -0.1) is 0 Å². The summed E-state index contributed by atoms with van der Waals surface area (Å²) in [5.74, 6) is -0.588. The fraction of sp³-hybridized carbons (Fsp3) is 0.444. The molecule has 28 heavy (non-hydrogen) atoms. The van der Waals surface area contributed by atoms with E-state index in [1.54, 1.807) is 23.1 Å². The molecule has 1 aromatic carbocycles. The number of halogens is 1. The van der Waals surface area contributed by atoms with Gasteiger partial charge in [0.15, 0.2) is 0 Å². The van der Waals surface area contributed by atoms with Crippen LogP contribution in [0.1, 0.15) is 19.4 Å². The Balaban J connectivity index is 1.43. The van der Waals surface area contributed by atoms with Gasteiger partial charge in [0.1, 0.15) is 24.6 Å². The lowest BCUT2D eigenvalue weighted by molar-refractivity contribution is -0.119. The van der Waals surface area contributed by atoms with Gasteiger partial charge in [-0.1, -0.05) is 0 Å². The second kappa shape index (κ2) is 7.45. The van der Waals surface area contributed by atoms with Crippen molar-refractivity contribution in [1.29, 1.82) is 0 Å². The van der Waals surface area contributed by atoms with Crippen molar-refractivity contribution >= 4 is 23.4 Å². The van der Waals surface area contributed by atoms with E-state index in [1.165, 1.54) is 24.2 Å². The highest BCUT2D eigenvalue weighted by Gasteiger charge is 2.33. The SMILES string of the molecule is CC(=O)NC[C@H]1CN(c2ccc(N3CC[C@H](n4cncn4)C3)c(F)c2)C(=O)O1. The van der Waals surface area contributed by atoms with E-state index in [2.05, 4.69) is 15.4 Å². The fourth-order valence-electron chi connectivity index (χ4n) is 3.60. The van der Waals surface area contributed by atoms with Gasteiger partial charge < -0.3 is 15.0 Å². The van der Waals surface area contributed by atoms with Crippen LogP contribution in [0.3, 0.4) is 0 Å². The molecule has 10 heteroatoms. The van der Waals surface area contributed by atoms with E-state index in [0.717, 1.165) is 6.42 Å². The first kappa shape index (κ1) is 18.2. The van der Waals surface area contributed by atoms with Gasteiger partial charge in [-0.25, -0.2) is 18.9 Å². The van der Waals surface area contributed by atoms with E-state index in [4.69, 9.17) is 4.74 Å². The standard InChI is InChI=1S/C18H21FN6O3/c1-12(26)21-7-15-9-24(18(27)28-15)13-2-3-17(16(19)6-13)23-5-4-14(8-23)25-11-20-10-22-25/h2-3,6,10-11,14-15H,4-5,7-9H2,1H3,(H,21,26)/t14-,15-/m0/s1. The summed E-state index contributed by atoms with van der Waals surface area (Å²) in [6.07, 6.45) is 3.01. The van der Waals surface area contributed by atoms with Crippen LogP contribution in [-0.4, -0.2) is 59.0 Å². The number of carbonyl (C=O) groups is 2. The van der Waals surface area contributed by atoms with Crippen LogP contribution in [0, 0.1) is 5.82 Å². The summed E-state index contributed by atoms with van der Waals surface area (Å²) in [5.41, 5.74) is 0.928. The number of nitrogens with zero attached hydrogens (tertiary/aromatic N) is 5. The molecule has 2 atom stereocenters. The minimum absolute atomic E-state index is 0.157. The molecule has 2 aromatic rings. The van der Waals surface area contributed by atoms with Crippen molar-refractivity contribution in [2.45, 2.75) is 25.5 Å². The highest BCUT2D eigenvalue weighted by Crippen LogP contribution is 2.31. The van der Waals surface area contributed by atoms with Crippen molar-refractivity contribution < 1.29 is 18.7 Å². The molecule has 1 aromatic heterocycles. The monoisotopic (exact) mass is 388 g/mol. The number of aromatic nitrogens is 3. The van der Waals surface area contributed by atoms with Gasteiger partial charge in [0, 0.05) is 20.0 Å². The summed E-state index contributed by atoms with van der Waals surface area (Å²) in [6, 6.07) is 4.90. The van der Waals surface area contributed by atoms with Crippen LogP contribution in [0.2, 0.25) is 0 Å². The zero-order chi connectivity index (χ0) is 19.7. The number of hydrogen-bond donors (Lipinski definition) is 1. The van der Waals surface area contributed by atoms with E-state index in [-0.39, 0.29) is 25.0 Å². The van der Waals surface area contributed by atoms with Crippen LogP contribution in [0.15, 0.2) is 30.9 Å². The predicted octanol–water partition coefficient (Wildman–Crippen LogP) is 1.33. The van der Waals surface area contributed by atoms with Crippen molar-refractivity contribution in [3.05, 3.63) is 36.7 Å². The second-order valence-electron chi connectivity index (χ2n) is 6.95. The summed E-state index contributed by atoms with van der Waals surface area (Å²) < 4.78 is 21.8. The molecule has 0 aliphatic carbocycles. The average molecular weight is 388 g/mol. The molecular formula is C18H21FN6O3. The highest BCUT2D eigenvalue weighted by molar-refractivity contribution is 5.90. The molecule has 3 heterocycles. The van der Waals surface area contributed by atoms with Gasteiger partial charge in [0.05, 0.1) is 30.5 Å². The Morgan fingerprint density at radius 2 is 2.25 bits per heavy atom. The maximum Gasteiger partial charge on any atom is 0.414 e. The number of ether oxygens (including phenoxy) is 1. The van der Waals surface area contributed by atoms with Crippen molar-refractivity contribution in [3.63, 3.8) is 0 Å². The van der Waals surface area contributed by atoms with Crippen LogP contribution < -0.4 is 15.1 Å². The number of nitrogens with one attached hydrogen (secondary N) is 1. The molecule has 4 rings (SSSR count). The molecule has 2 aliphatic heterocycles. The molecular weight excluding hydrogens is 367 g/mol. The van der Waals surface area contributed by atoms with Crippen LogP contribution in [0.25, 0.3) is 0 Å². The van der Waals surface area contributed by atoms with E-state index in [9.17, 15) is 14.0 Å². The number of amides is 2. The minimum Gasteiger partial charge on any atom is -0.442 e. The maximum absolute atomic E-state index is 14.8.